The van der Waals surface area contributed by atoms with Crippen molar-refractivity contribution >= 4 is 5.91 Å². The van der Waals surface area contributed by atoms with Gasteiger partial charge in [0.2, 0.25) is 5.91 Å². The average molecular weight is 269 g/mol. The summed E-state index contributed by atoms with van der Waals surface area (Å²) >= 11 is 0. The van der Waals surface area contributed by atoms with Crippen molar-refractivity contribution in [2.75, 3.05) is 26.2 Å². The maximum absolute atomic E-state index is 12.1. The van der Waals surface area contributed by atoms with Crippen molar-refractivity contribution in [1.29, 1.82) is 0 Å². The van der Waals surface area contributed by atoms with Crippen LogP contribution in [0.15, 0.2) is 0 Å². The zero-order valence-electron chi connectivity index (χ0n) is 13.0. The largest absolute Gasteiger partial charge is 0.354 e. The molecule has 19 heavy (non-hydrogen) atoms. The second-order valence-corrected chi connectivity index (χ2v) is 6.05. The maximum atomic E-state index is 12.1. The monoisotopic (exact) mass is 269 g/mol. The summed E-state index contributed by atoms with van der Waals surface area (Å²) in [6.07, 6.45) is 3.83. The molecule has 0 aromatic heterocycles. The normalized spacial score (nSPS) is 21.7. The van der Waals surface area contributed by atoms with Crippen LogP contribution in [0, 0.1) is 5.92 Å². The molecular formula is C15H31N3O. The number of rotatable bonds is 7. The van der Waals surface area contributed by atoms with Crippen LogP contribution in [0.1, 0.15) is 47.0 Å². The van der Waals surface area contributed by atoms with Crippen LogP contribution in [-0.4, -0.2) is 49.1 Å². The highest BCUT2D eigenvalue weighted by molar-refractivity contribution is 5.81. The van der Waals surface area contributed by atoms with Crippen molar-refractivity contribution in [3.63, 3.8) is 0 Å². The van der Waals surface area contributed by atoms with Gasteiger partial charge in [0.25, 0.3) is 0 Å². The van der Waals surface area contributed by atoms with Crippen molar-refractivity contribution < 1.29 is 4.79 Å². The third kappa shape index (κ3) is 5.91. The Hall–Kier alpha value is -0.610. The van der Waals surface area contributed by atoms with Crippen molar-refractivity contribution in [2.24, 2.45) is 5.92 Å². The molecule has 2 N–H and O–H groups in total. The molecule has 112 valence electrons. The Morgan fingerprint density at radius 2 is 2.11 bits per heavy atom. The molecule has 4 heteroatoms. The first kappa shape index (κ1) is 16.4. The second kappa shape index (κ2) is 8.54. The van der Waals surface area contributed by atoms with Crippen molar-refractivity contribution in [3.8, 4) is 0 Å². The smallest absolute Gasteiger partial charge is 0.237 e. The molecule has 1 aliphatic heterocycles. The molecule has 1 saturated heterocycles. The van der Waals surface area contributed by atoms with Crippen LogP contribution in [0.2, 0.25) is 0 Å². The molecule has 2 atom stereocenters. The molecule has 0 bridgehead atoms. The van der Waals surface area contributed by atoms with Gasteiger partial charge in [0.15, 0.2) is 0 Å². The minimum Gasteiger partial charge on any atom is -0.354 e. The number of nitrogens with zero attached hydrogens (tertiary/aromatic N) is 1. The Morgan fingerprint density at radius 3 is 2.63 bits per heavy atom. The molecule has 1 amide bonds. The Morgan fingerprint density at radius 1 is 1.37 bits per heavy atom. The highest BCUT2D eigenvalue weighted by Crippen LogP contribution is 2.10. The minimum atomic E-state index is -0.0347. The summed E-state index contributed by atoms with van der Waals surface area (Å²) in [5, 5.41) is 6.59. The minimum absolute atomic E-state index is 0.0347. The second-order valence-electron chi connectivity index (χ2n) is 6.05. The van der Waals surface area contributed by atoms with Gasteiger partial charge >= 0.3 is 0 Å². The fraction of sp³-hybridized carbons (Fsp3) is 0.933. The molecule has 0 aliphatic carbocycles. The third-order valence-corrected chi connectivity index (χ3v) is 3.89. The lowest BCUT2D eigenvalue weighted by Gasteiger charge is -2.33. The van der Waals surface area contributed by atoms with Crippen LogP contribution >= 0.6 is 0 Å². The average Bonchev–Trinajstić information content (AvgIpc) is 2.42. The summed E-state index contributed by atoms with van der Waals surface area (Å²) in [7, 11) is 0. The van der Waals surface area contributed by atoms with E-state index in [2.05, 4.69) is 36.3 Å². The number of hydrogen-bond donors (Lipinski definition) is 2. The van der Waals surface area contributed by atoms with E-state index in [1.165, 1.54) is 19.3 Å². The standard InChI is InChI=1S/C15H31N3O/c1-5-18(11-14-8-6-7-9-16-14)13(4)15(19)17-10-12(2)3/h12-14,16H,5-11H2,1-4H3,(H,17,19). The summed E-state index contributed by atoms with van der Waals surface area (Å²) in [6.45, 7) is 12.2. The van der Waals surface area contributed by atoms with Crippen molar-refractivity contribution in [3.05, 3.63) is 0 Å². The lowest BCUT2D eigenvalue weighted by molar-refractivity contribution is -0.126. The van der Waals surface area contributed by atoms with Gasteiger partial charge in [-0.2, -0.15) is 0 Å². The first-order chi connectivity index (χ1) is 9.04. The van der Waals surface area contributed by atoms with Crippen LogP contribution in [0.4, 0.5) is 0 Å². The summed E-state index contributed by atoms with van der Waals surface area (Å²) in [5.74, 6) is 0.664. The van der Waals surface area contributed by atoms with E-state index < -0.39 is 0 Å². The lowest BCUT2D eigenvalue weighted by Crippen LogP contribution is -2.51. The number of amides is 1. The van der Waals surface area contributed by atoms with Gasteiger partial charge in [0, 0.05) is 19.1 Å². The molecule has 0 spiro atoms. The predicted octanol–water partition coefficient (Wildman–Crippen LogP) is 1.61. The van der Waals surface area contributed by atoms with E-state index in [-0.39, 0.29) is 11.9 Å². The van der Waals surface area contributed by atoms with Gasteiger partial charge in [-0.15, -0.1) is 0 Å². The predicted molar refractivity (Wildman–Crippen MR) is 80.2 cm³/mol. The van der Waals surface area contributed by atoms with Gasteiger partial charge in [-0.25, -0.2) is 0 Å². The molecule has 0 radical (unpaired) electrons. The van der Waals surface area contributed by atoms with E-state index in [1.807, 2.05) is 6.92 Å². The number of nitrogens with one attached hydrogen (secondary N) is 2. The number of carbonyl (C=O) groups excluding carboxylic acids is 1. The van der Waals surface area contributed by atoms with Gasteiger partial charge in [-0.1, -0.05) is 27.2 Å². The quantitative estimate of drug-likeness (QED) is 0.738. The Labute approximate surface area is 118 Å². The summed E-state index contributed by atoms with van der Waals surface area (Å²) < 4.78 is 0. The number of likely N-dealkylation sites (N-methyl/N-ethyl adjacent to an activating group) is 1. The summed E-state index contributed by atoms with van der Waals surface area (Å²) in [4.78, 5) is 14.4. The third-order valence-electron chi connectivity index (χ3n) is 3.89. The molecule has 0 saturated carbocycles. The number of piperidine rings is 1. The fourth-order valence-electron chi connectivity index (χ4n) is 2.54. The Kier molecular flexibility index (Phi) is 7.39. The maximum Gasteiger partial charge on any atom is 0.237 e. The van der Waals surface area contributed by atoms with E-state index in [1.54, 1.807) is 0 Å². The van der Waals surface area contributed by atoms with E-state index >= 15 is 0 Å². The summed E-state index contributed by atoms with van der Waals surface area (Å²) in [5.41, 5.74) is 0. The van der Waals surface area contributed by atoms with Crippen LogP contribution in [0.5, 0.6) is 0 Å². The first-order valence-electron chi connectivity index (χ1n) is 7.79. The van der Waals surface area contributed by atoms with E-state index in [0.717, 1.165) is 26.2 Å². The van der Waals surface area contributed by atoms with E-state index in [0.29, 0.717) is 12.0 Å². The van der Waals surface area contributed by atoms with E-state index in [9.17, 15) is 4.79 Å². The highest BCUT2D eigenvalue weighted by Gasteiger charge is 2.23. The molecule has 0 aromatic rings. The molecular weight excluding hydrogens is 238 g/mol. The first-order valence-corrected chi connectivity index (χ1v) is 7.79. The van der Waals surface area contributed by atoms with Gasteiger partial charge in [0.1, 0.15) is 0 Å². The summed E-state index contributed by atoms with van der Waals surface area (Å²) in [6, 6.07) is 0.515. The van der Waals surface area contributed by atoms with E-state index in [4.69, 9.17) is 0 Å². The lowest BCUT2D eigenvalue weighted by atomic mass is 10.0. The molecule has 1 aliphatic rings. The molecule has 0 aromatic carbocycles. The number of hydrogen-bond acceptors (Lipinski definition) is 3. The van der Waals surface area contributed by atoms with Crippen LogP contribution in [-0.2, 0) is 4.79 Å². The van der Waals surface area contributed by atoms with Gasteiger partial charge < -0.3 is 10.6 Å². The van der Waals surface area contributed by atoms with Gasteiger partial charge in [-0.05, 0) is 38.8 Å². The SMILES string of the molecule is CCN(CC1CCCCN1)C(C)C(=O)NCC(C)C. The Balaban J connectivity index is 2.40. The molecule has 1 rings (SSSR count). The highest BCUT2D eigenvalue weighted by atomic mass is 16.2. The molecule has 4 nitrogen and oxygen atoms in total. The Bertz CT molecular complexity index is 262. The topological polar surface area (TPSA) is 44.4 Å². The number of carbonyl (C=O) groups is 1. The zero-order chi connectivity index (χ0) is 14.3. The van der Waals surface area contributed by atoms with Crippen LogP contribution in [0.3, 0.4) is 0 Å². The molecule has 1 heterocycles. The van der Waals surface area contributed by atoms with Gasteiger partial charge in [0.05, 0.1) is 6.04 Å². The zero-order valence-corrected chi connectivity index (χ0v) is 13.0. The van der Waals surface area contributed by atoms with Crippen LogP contribution in [0.25, 0.3) is 0 Å². The fourth-order valence-corrected chi connectivity index (χ4v) is 2.54. The van der Waals surface area contributed by atoms with Crippen LogP contribution < -0.4 is 10.6 Å². The molecule has 2 unspecified atom stereocenters. The molecule has 1 fully saturated rings. The van der Waals surface area contributed by atoms with Gasteiger partial charge in [-0.3, -0.25) is 9.69 Å². The van der Waals surface area contributed by atoms with Crippen molar-refractivity contribution in [1.82, 2.24) is 15.5 Å². The van der Waals surface area contributed by atoms with Crippen molar-refractivity contribution in [2.45, 2.75) is 59.0 Å².